The summed E-state index contributed by atoms with van der Waals surface area (Å²) in [6, 6.07) is 18.4. The lowest BCUT2D eigenvalue weighted by molar-refractivity contribution is 0.0954. The quantitative estimate of drug-likeness (QED) is 0.375. The average molecular weight is 401 g/mol. The van der Waals surface area contributed by atoms with Gasteiger partial charge in [0, 0.05) is 35.5 Å². The number of hydrazone groups is 1. The summed E-state index contributed by atoms with van der Waals surface area (Å²) in [6.45, 7) is 3.68. The highest BCUT2D eigenvalue weighted by atomic mass is 16.3. The molecule has 1 fully saturated rings. The summed E-state index contributed by atoms with van der Waals surface area (Å²) in [5.74, 6) is 0.932. The Bertz CT molecular complexity index is 1060. The minimum atomic E-state index is -0.272. The highest BCUT2D eigenvalue weighted by molar-refractivity contribution is 5.95. The fourth-order valence-corrected chi connectivity index (χ4v) is 3.46. The molecule has 1 aromatic heterocycles. The van der Waals surface area contributed by atoms with E-state index >= 15 is 0 Å². The predicted octanol–water partition coefficient (Wildman–Crippen LogP) is 4.51. The molecule has 152 valence electrons. The molecule has 6 nitrogen and oxygen atoms in total. The first-order valence-electron chi connectivity index (χ1n) is 10.00. The molecule has 1 N–H and O–H groups in total. The number of ketones is 1. The van der Waals surface area contributed by atoms with Crippen LogP contribution in [0.25, 0.3) is 11.3 Å². The number of hydrogen-bond donors (Lipinski definition) is 1. The molecule has 6 heteroatoms. The Kier molecular flexibility index (Phi) is 5.75. The summed E-state index contributed by atoms with van der Waals surface area (Å²) in [4.78, 5) is 26.0. The van der Waals surface area contributed by atoms with Crippen LogP contribution in [0, 0.1) is 0 Å². The zero-order valence-corrected chi connectivity index (χ0v) is 16.8. The van der Waals surface area contributed by atoms with Crippen molar-refractivity contribution in [3.05, 3.63) is 77.6 Å². The van der Waals surface area contributed by atoms with E-state index in [0.29, 0.717) is 22.6 Å². The maximum Gasteiger partial charge on any atom is 0.271 e. The van der Waals surface area contributed by atoms with Gasteiger partial charge in [-0.1, -0.05) is 24.3 Å². The van der Waals surface area contributed by atoms with E-state index in [1.165, 1.54) is 26.0 Å². The summed E-state index contributed by atoms with van der Waals surface area (Å²) >= 11 is 0. The first kappa shape index (κ1) is 19.6. The molecule has 0 radical (unpaired) electrons. The minimum Gasteiger partial charge on any atom is -0.455 e. The lowest BCUT2D eigenvalue weighted by Gasteiger charge is -2.17. The smallest absolute Gasteiger partial charge is 0.271 e. The number of nitrogens with zero attached hydrogens (tertiary/aromatic N) is 2. The summed E-state index contributed by atoms with van der Waals surface area (Å²) in [7, 11) is 0. The number of furan rings is 1. The van der Waals surface area contributed by atoms with Crippen molar-refractivity contribution in [3.8, 4) is 11.3 Å². The second-order valence-corrected chi connectivity index (χ2v) is 7.28. The van der Waals surface area contributed by atoms with Crippen LogP contribution in [-0.2, 0) is 0 Å². The van der Waals surface area contributed by atoms with Crippen molar-refractivity contribution < 1.29 is 14.0 Å². The third-order valence-electron chi connectivity index (χ3n) is 5.16. The normalized spacial score (nSPS) is 13.7. The van der Waals surface area contributed by atoms with E-state index in [1.807, 2.05) is 42.5 Å². The van der Waals surface area contributed by atoms with Crippen molar-refractivity contribution in [2.75, 3.05) is 18.0 Å². The molecule has 1 amide bonds. The molecule has 0 bridgehead atoms. The van der Waals surface area contributed by atoms with Gasteiger partial charge in [0.2, 0.25) is 0 Å². The Morgan fingerprint density at radius 1 is 0.933 bits per heavy atom. The Morgan fingerprint density at radius 2 is 1.60 bits per heavy atom. The molecule has 1 saturated heterocycles. The molecule has 1 aliphatic heterocycles. The molecule has 4 rings (SSSR count). The maximum atomic E-state index is 12.3. The van der Waals surface area contributed by atoms with Gasteiger partial charge in [0.05, 0.1) is 6.21 Å². The number of carbonyl (C=O) groups is 2. The Balaban J connectivity index is 1.35. The average Bonchev–Trinajstić information content (AvgIpc) is 3.46. The monoisotopic (exact) mass is 401 g/mol. The molecule has 30 heavy (non-hydrogen) atoms. The van der Waals surface area contributed by atoms with Crippen molar-refractivity contribution >= 4 is 23.6 Å². The SMILES string of the molecule is CC(=O)c1ccc(-c2ccc(/C=N\NC(=O)c3ccc(N4CCCC4)cc3)o2)cc1. The van der Waals surface area contributed by atoms with Gasteiger partial charge in [-0.2, -0.15) is 5.10 Å². The van der Waals surface area contributed by atoms with Crippen LogP contribution in [0.1, 0.15) is 46.2 Å². The maximum absolute atomic E-state index is 12.3. The number of Topliss-reactive ketones (excluding diaryl/α,β-unsaturated/α-hetero) is 1. The highest BCUT2D eigenvalue weighted by Gasteiger charge is 2.13. The van der Waals surface area contributed by atoms with E-state index < -0.39 is 0 Å². The minimum absolute atomic E-state index is 0.0234. The number of rotatable bonds is 6. The zero-order chi connectivity index (χ0) is 20.9. The van der Waals surface area contributed by atoms with Gasteiger partial charge in [-0.25, -0.2) is 5.43 Å². The largest absolute Gasteiger partial charge is 0.455 e. The fraction of sp³-hybridized carbons (Fsp3) is 0.208. The zero-order valence-electron chi connectivity index (χ0n) is 16.8. The standard InChI is InChI=1S/C24H23N3O3/c1-17(28)18-4-6-19(7-5-18)23-13-12-22(30-23)16-25-26-24(29)20-8-10-21(11-9-20)27-14-2-3-15-27/h4-13,16H,2-3,14-15H2,1H3,(H,26,29)/b25-16-. The van der Waals surface area contributed by atoms with Crippen molar-refractivity contribution in [1.82, 2.24) is 5.43 Å². The molecule has 0 saturated carbocycles. The van der Waals surface area contributed by atoms with Gasteiger partial charge in [0.1, 0.15) is 11.5 Å². The molecule has 0 atom stereocenters. The van der Waals surface area contributed by atoms with Crippen molar-refractivity contribution in [2.45, 2.75) is 19.8 Å². The van der Waals surface area contributed by atoms with Crippen LogP contribution in [0.4, 0.5) is 5.69 Å². The van der Waals surface area contributed by atoms with Gasteiger partial charge in [-0.15, -0.1) is 0 Å². The summed E-state index contributed by atoms with van der Waals surface area (Å²) in [5.41, 5.74) is 5.75. The summed E-state index contributed by atoms with van der Waals surface area (Å²) in [6.07, 6.45) is 3.90. The molecule has 0 aliphatic carbocycles. The molecule has 0 spiro atoms. The molecular weight excluding hydrogens is 378 g/mol. The summed E-state index contributed by atoms with van der Waals surface area (Å²) < 4.78 is 5.74. The topological polar surface area (TPSA) is 74.9 Å². The van der Waals surface area contributed by atoms with Crippen LogP contribution >= 0.6 is 0 Å². The van der Waals surface area contributed by atoms with Crippen LogP contribution in [0.5, 0.6) is 0 Å². The first-order valence-corrected chi connectivity index (χ1v) is 10.00. The molecular formula is C24H23N3O3. The predicted molar refractivity (Wildman–Crippen MR) is 117 cm³/mol. The van der Waals surface area contributed by atoms with Crippen LogP contribution < -0.4 is 10.3 Å². The van der Waals surface area contributed by atoms with Crippen LogP contribution in [0.2, 0.25) is 0 Å². The van der Waals surface area contributed by atoms with Crippen LogP contribution in [0.15, 0.2) is 70.2 Å². The number of benzene rings is 2. The Labute approximate surface area is 175 Å². The van der Waals surface area contributed by atoms with E-state index in [0.717, 1.165) is 24.3 Å². The highest BCUT2D eigenvalue weighted by Crippen LogP contribution is 2.22. The number of carbonyl (C=O) groups excluding carboxylic acids is 2. The number of nitrogens with one attached hydrogen (secondary N) is 1. The van der Waals surface area contributed by atoms with E-state index in [1.54, 1.807) is 18.2 Å². The number of amides is 1. The van der Waals surface area contributed by atoms with Crippen LogP contribution in [-0.4, -0.2) is 31.0 Å². The van der Waals surface area contributed by atoms with Gasteiger partial charge < -0.3 is 9.32 Å². The lowest BCUT2D eigenvalue weighted by atomic mass is 10.1. The van der Waals surface area contributed by atoms with Gasteiger partial charge in [0.15, 0.2) is 5.78 Å². The Morgan fingerprint density at radius 3 is 2.27 bits per heavy atom. The van der Waals surface area contributed by atoms with Crippen molar-refractivity contribution in [1.29, 1.82) is 0 Å². The molecule has 1 aliphatic rings. The fourth-order valence-electron chi connectivity index (χ4n) is 3.46. The van der Waals surface area contributed by atoms with E-state index in [4.69, 9.17) is 4.42 Å². The Hall–Kier alpha value is -3.67. The molecule has 0 unspecified atom stereocenters. The van der Waals surface area contributed by atoms with Gasteiger partial charge in [-0.3, -0.25) is 9.59 Å². The van der Waals surface area contributed by atoms with E-state index in [2.05, 4.69) is 15.4 Å². The first-order chi connectivity index (χ1) is 14.6. The van der Waals surface area contributed by atoms with Crippen molar-refractivity contribution in [2.24, 2.45) is 5.10 Å². The number of hydrogen-bond acceptors (Lipinski definition) is 5. The molecule has 2 aromatic carbocycles. The lowest BCUT2D eigenvalue weighted by Crippen LogP contribution is -2.19. The molecule has 2 heterocycles. The third-order valence-corrected chi connectivity index (χ3v) is 5.16. The van der Waals surface area contributed by atoms with Crippen molar-refractivity contribution in [3.63, 3.8) is 0 Å². The number of anilines is 1. The van der Waals surface area contributed by atoms with E-state index in [-0.39, 0.29) is 11.7 Å². The second kappa shape index (κ2) is 8.78. The van der Waals surface area contributed by atoms with Gasteiger partial charge in [0.25, 0.3) is 5.91 Å². The second-order valence-electron chi connectivity index (χ2n) is 7.28. The third kappa shape index (κ3) is 4.49. The summed E-state index contributed by atoms with van der Waals surface area (Å²) in [5, 5.41) is 3.99. The van der Waals surface area contributed by atoms with E-state index in [9.17, 15) is 9.59 Å². The van der Waals surface area contributed by atoms with Gasteiger partial charge in [-0.05, 0) is 56.2 Å². The van der Waals surface area contributed by atoms with Crippen LogP contribution in [0.3, 0.4) is 0 Å². The molecule has 3 aromatic rings. The van der Waals surface area contributed by atoms with Gasteiger partial charge >= 0.3 is 0 Å².